The van der Waals surface area contributed by atoms with Gasteiger partial charge in [0.1, 0.15) is 0 Å². The predicted octanol–water partition coefficient (Wildman–Crippen LogP) is 1.23. The first-order valence-electron chi connectivity index (χ1n) is 5.60. The third kappa shape index (κ3) is 2.47. The van der Waals surface area contributed by atoms with Gasteiger partial charge in [-0.25, -0.2) is 0 Å². The molecule has 0 aromatic rings. The molecular formula is C11H22N2O. The van der Waals surface area contributed by atoms with Gasteiger partial charge in [-0.05, 0) is 18.3 Å². The van der Waals surface area contributed by atoms with E-state index in [0.717, 1.165) is 25.9 Å². The van der Waals surface area contributed by atoms with E-state index in [1.807, 2.05) is 11.8 Å². The van der Waals surface area contributed by atoms with Gasteiger partial charge < -0.3 is 10.6 Å². The summed E-state index contributed by atoms with van der Waals surface area (Å²) in [5.41, 5.74) is 5.91. The topological polar surface area (TPSA) is 46.3 Å². The zero-order valence-electron chi connectivity index (χ0n) is 9.49. The molecule has 3 unspecified atom stereocenters. The van der Waals surface area contributed by atoms with Crippen molar-refractivity contribution in [1.29, 1.82) is 0 Å². The summed E-state index contributed by atoms with van der Waals surface area (Å²) in [7, 11) is 0. The average Bonchev–Trinajstić information content (AvgIpc) is 2.61. The van der Waals surface area contributed by atoms with E-state index in [1.54, 1.807) is 0 Å². The van der Waals surface area contributed by atoms with Crippen LogP contribution in [0.4, 0.5) is 0 Å². The molecule has 1 aliphatic rings. The average molecular weight is 198 g/mol. The van der Waals surface area contributed by atoms with E-state index in [0.29, 0.717) is 11.8 Å². The van der Waals surface area contributed by atoms with Crippen LogP contribution in [0.25, 0.3) is 0 Å². The van der Waals surface area contributed by atoms with Gasteiger partial charge in [0.15, 0.2) is 0 Å². The molecule has 1 aliphatic heterocycles. The molecule has 0 spiro atoms. The minimum atomic E-state index is -0.301. The summed E-state index contributed by atoms with van der Waals surface area (Å²) in [6.45, 7) is 8.08. The molecular weight excluding hydrogens is 176 g/mol. The highest BCUT2D eigenvalue weighted by molar-refractivity contribution is 5.82. The Labute approximate surface area is 86.6 Å². The fourth-order valence-corrected chi connectivity index (χ4v) is 1.84. The van der Waals surface area contributed by atoms with Crippen LogP contribution in [-0.4, -0.2) is 29.9 Å². The predicted molar refractivity (Wildman–Crippen MR) is 57.8 cm³/mol. The third-order valence-electron chi connectivity index (χ3n) is 3.28. The minimum Gasteiger partial charge on any atom is -0.341 e. The molecule has 1 saturated heterocycles. The van der Waals surface area contributed by atoms with Crippen LogP contribution >= 0.6 is 0 Å². The van der Waals surface area contributed by atoms with Crippen LogP contribution < -0.4 is 5.73 Å². The summed E-state index contributed by atoms with van der Waals surface area (Å²) in [6, 6.07) is -0.301. The second kappa shape index (κ2) is 4.78. The van der Waals surface area contributed by atoms with Crippen molar-refractivity contribution in [1.82, 2.24) is 4.90 Å². The second-order valence-corrected chi connectivity index (χ2v) is 4.59. The van der Waals surface area contributed by atoms with Crippen molar-refractivity contribution in [3.8, 4) is 0 Å². The Morgan fingerprint density at radius 3 is 2.71 bits per heavy atom. The van der Waals surface area contributed by atoms with Gasteiger partial charge in [-0.1, -0.05) is 27.2 Å². The van der Waals surface area contributed by atoms with Crippen molar-refractivity contribution >= 4 is 5.91 Å². The Morgan fingerprint density at radius 2 is 2.29 bits per heavy atom. The molecule has 0 bridgehead atoms. The highest BCUT2D eigenvalue weighted by Crippen LogP contribution is 2.17. The number of rotatable bonds is 3. The Morgan fingerprint density at radius 1 is 1.64 bits per heavy atom. The van der Waals surface area contributed by atoms with Crippen molar-refractivity contribution in [3.63, 3.8) is 0 Å². The third-order valence-corrected chi connectivity index (χ3v) is 3.28. The van der Waals surface area contributed by atoms with Crippen LogP contribution in [0.1, 0.15) is 33.6 Å². The fraction of sp³-hybridized carbons (Fsp3) is 0.909. The maximum atomic E-state index is 11.9. The van der Waals surface area contributed by atoms with Crippen LogP contribution in [0.2, 0.25) is 0 Å². The van der Waals surface area contributed by atoms with Crippen molar-refractivity contribution in [2.45, 2.75) is 39.7 Å². The van der Waals surface area contributed by atoms with Gasteiger partial charge in [-0.15, -0.1) is 0 Å². The summed E-state index contributed by atoms with van der Waals surface area (Å²) < 4.78 is 0. The summed E-state index contributed by atoms with van der Waals surface area (Å²) in [5, 5.41) is 0. The van der Waals surface area contributed by atoms with Crippen molar-refractivity contribution in [2.24, 2.45) is 17.6 Å². The van der Waals surface area contributed by atoms with Gasteiger partial charge in [0, 0.05) is 13.1 Å². The highest BCUT2D eigenvalue weighted by atomic mass is 16.2. The lowest BCUT2D eigenvalue weighted by atomic mass is 9.99. The number of carbonyl (C=O) groups excluding carboxylic acids is 1. The van der Waals surface area contributed by atoms with E-state index in [4.69, 9.17) is 5.73 Å². The number of nitrogens with zero attached hydrogens (tertiary/aromatic N) is 1. The lowest BCUT2D eigenvalue weighted by Crippen LogP contribution is -2.46. The molecule has 3 atom stereocenters. The molecule has 0 aromatic carbocycles. The number of amides is 1. The van der Waals surface area contributed by atoms with Gasteiger partial charge >= 0.3 is 0 Å². The quantitative estimate of drug-likeness (QED) is 0.741. The summed E-state index contributed by atoms with van der Waals surface area (Å²) in [6.07, 6.45) is 2.09. The number of nitrogens with two attached hydrogens (primary N) is 1. The number of carbonyl (C=O) groups is 1. The normalized spacial score (nSPS) is 26.3. The molecule has 0 radical (unpaired) electrons. The van der Waals surface area contributed by atoms with Crippen molar-refractivity contribution < 1.29 is 4.79 Å². The summed E-state index contributed by atoms with van der Waals surface area (Å²) in [5.74, 6) is 1.07. The Kier molecular flexibility index (Phi) is 3.93. The van der Waals surface area contributed by atoms with Gasteiger partial charge in [-0.2, -0.15) is 0 Å². The molecule has 3 nitrogen and oxygen atoms in total. The summed E-state index contributed by atoms with van der Waals surface area (Å²) >= 11 is 0. The lowest BCUT2D eigenvalue weighted by Gasteiger charge is -2.24. The molecule has 3 heteroatoms. The second-order valence-electron chi connectivity index (χ2n) is 4.59. The van der Waals surface area contributed by atoms with Crippen LogP contribution in [0.3, 0.4) is 0 Å². The van der Waals surface area contributed by atoms with Crippen molar-refractivity contribution in [3.05, 3.63) is 0 Å². The Hall–Kier alpha value is -0.570. The largest absolute Gasteiger partial charge is 0.341 e. The van der Waals surface area contributed by atoms with E-state index in [1.165, 1.54) is 0 Å². The van der Waals surface area contributed by atoms with Gasteiger partial charge in [0.2, 0.25) is 5.91 Å². The van der Waals surface area contributed by atoms with E-state index in [2.05, 4.69) is 13.8 Å². The lowest BCUT2D eigenvalue weighted by molar-refractivity contribution is -0.132. The van der Waals surface area contributed by atoms with Crippen LogP contribution in [0.15, 0.2) is 0 Å². The zero-order valence-corrected chi connectivity index (χ0v) is 9.49. The molecule has 1 fully saturated rings. The smallest absolute Gasteiger partial charge is 0.239 e. The Bertz CT molecular complexity index is 201. The molecule has 1 amide bonds. The minimum absolute atomic E-state index is 0.142. The SMILES string of the molecule is CCC(C)C(N)C(=O)N1CCC(C)C1. The van der Waals surface area contributed by atoms with Gasteiger partial charge in [-0.3, -0.25) is 4.79 Å². The first-order chi connectivity index (χ1) is 6.56. The van der Waals surface area contributed by atoms with E-state index in [-0.39, 0.29) is 11.9 Å². The molecule has 2 N–H and O–H groups in total. The maximum Gasteiger partial charge on any atom is 0.239 e. The number of hydrogen-bond acceptors (Lipinski definition) is 2. The molecule has 0 aliphatic carbocycles. The maximum absolute atomic E-state index is 11.9. The van der Waals surface area contributed by atoms with Crippen LogP contribution in [0, 0.1) is 11.8 Å². The van der Waals surface area contributed by atoms with E-state index in [9.17, 15) is 4.79 Å². The number of likely N-dealkylation sites (tertiary alicyclic amines) is 1. The molecule has 14 heavy (non-hydrogen) atoms. The van der Waals surface area contributed by atoms with E-state index >= 15 is 0 Å². The standard InChI is InChI=1S/C11H22N2O/c1-4-9(3)10(12)11(14)13-6-5-8(2)7-13/h8-10H,4-7,12H2,1-3H3. The monoisotopic (exact) mass is 198 g/mol. The van der Waals surface area contributed by atoms with Crippen molar-refractivity contribution in [2.75, 3.05) is 13.1 Å². The van der Waals surface area contributed by atoms with Crippen LogP contribution in [0.5, 0.6) is 0 Å². The molecule has 82 valence electrons. The summed E-state index contributed by atoms with van der Waals surface area (Å²) in [4.78, 5) is 13.8. The number of hydrogen-bond donors (Lipinski definition) is 1. The molecule has 1 rings (SSSR count). The molecule has 0 saturated carbocycles. The first kappa shape index (κ1) is 11.5. The Balaban J connectivity index is 2.48. The zero-order chi connectivity index (χ0) is 10.7. The molecule has 0 aromatic heterocycles. The first-order valence-corrected chi connectivity index (χ1v) is 5.60. The van der Waals surface area contributed by atoms with Gasteiger partial charge in [0.05, 0.1) is 6.04 Å². The van der Waals surface area contributed by atoms with E-state index < -0.39 is 0 Å². The highest BCUT2D eigenvalue weighted by Gasteiger charge is 2.29. The fourth-order valence-electron chi connectivity index (χ4n) is 1.84. The van der Waals surface area contributed by atoms with Crippen LogP contribution in [-0.2, 0) is 4.79 Å². The van der Waals surface area contributed by atoms with Gasteiger partial charge in [0.25, 0.3) is 0 Å². The molecule has 1 heterocycles.